The monoisotopic (exact) mass is 398 g/mol. The van der Waals surface area contributed by atoms with Crippen LogP contribution in [0.1, 0.15) is 15.8 Å². The van der Waals surface area contributed by atoms with Crippen molar-refractivity contribution in [3.63, 3.8) is 0 Å². The Hall–Kier alpha value is 0.460. The Kier molecular flexibility index (Phi) is 4.36. The molecule has 16 heavy (non-hydrogen) atoms. The van der Waals surface area contributed by atoms with E-state index in [1.54, 1.807) is 11.3 Å². The molecule has 1 aromatic carbocycles. The van der Waals surface area contributed by atoms with Crippen LogP contribution in [0, 0.1) is 0 Å². The van der Waals surface area contributed by atoms with E-state index in [2.05, 4.69) is 31.9 Å². The molecular weight excluding hydrogens is 395 g/mol. The van der Waals surface area contributed by atoms with Crippen molar-refractivity contribution in [1.82, 2.24) is 0 Å². The van der Waals surface area contributed by atoms with Crippen LogP contribution in [0.2, 0.25) is 5.02 Å². The third-order valence-electron chi connectivity index (χ3n) is 2.08. The maximum absolute atomic E-state index is 6.38. The summed E-state index contributed by atoms with van der Waals surface area (Å²) in [6.07, 6.45) is 0. The number of rotatable bonds is 2. The fourth-order valence-corrected chi connectivity index (χ4v) is 3.51. The standard InChI is InChI=1S/C11H6Br2Cl2S/c12-7-2-1-6(5-8(7)14)11(15)9-3-4-10(13)16-9/h1-5,11H. The van der Waals surface area contributed by atoms with Crippen molar-refractivity contribution < 1.29 is 0 Å². The Morgan fingerprint density at radius 1 is 1.12 bits per heavy atom. The molecule has 0 spiro atoms. The van der Waals surface area contributed by atoms with Crippen LogP contribution < -0.4 is 0 Å². The van der Waals surface area contributed by atoms with Gasteiger partial charge in [0, 0.05) is 9.35 Å². The molecule has 0 aliphatic carbocycles. The molecule has 1 unspecified atom stereocenters. The summed E-state index contributed by atoms with van der Waals surface area (Å²) >= 11 is 20.8. The first-order valence-electron chi connectivity index (χ1n) is 4.42. The number of thiophene rings is 1. The fraction of sp³-hybridized carbons (Fsp3) is 0.0909. The second kappa shape index (κ2) is 5.40. The molecule has 0 fully saturated rings. The summed E-state index contributed by atoms with van der Waals surface area (Å²) in [5, 5.41) is 0.528. The highest BCUT2D eigenvalue weighted by Gasteiger charge is 2.14. The summed E-state index contributed by atoms with van der Waals surface area (Å²) in [6.45, 7) is 0. The molecule has 0 saturated heterocycles. The Balaban J connectivity index is 2.33. The molecule has 84 valence electrons. The quantitative estimate of drug-likeness (QED) is 0.522. The predicted molar refractivity (Wildman–Crippen MR) is 78.9 cm³/mol. The Morgan fingerprint density at radius 2 is 1.88 bits per heavy atom. The first kappa shape index (κ1) is 12.9. The number of benzene rings is 1. The van der Waals surface area contributed by atoms with Crippen molar-refractivity contribution in [2.24, 2.45) is 0 Å². The molecule has 0 saturated carbocycles. The van der Waals surface area contributed by atoms with Gasteiger partial charge in [0.1, 0.15) is 0 Å². The van der Waals surface area contributed by atoms with E-state index < -0.39 is 0 Å². The van der Waals surface area contributed by atoms with Crippen LogP contribution in [0.25, 0.3) is 0 Å². The molecule has 5 heteroatoms. The van der Waals surface area contributed by atoms with Gasteiger partial charge in [-0.3, -0.25) is 0 Å². The highest BCUT2D eigenvalue weighted by Crippen LogP contribution is 2.37. The van der Waals surface area contributed by atoms with Crippen LogP contribution >= 0.6 is 66.4 Å². The van der Waals surface area contributed by atoms with Crippen molar-refractivity contribution in [2.45, 2.75) is 5.38 Å². The number of hydrogen-bond acceptors (Lipinski definition) is 1. The summed E-state index contributed by atoms with van der Waals surface area (Å²) in [5.74, 6) is 0. The van der Waals surface area contributed by atoms with Crippen LogP contribution in [0.4, 0.5) is 0 Å². The van der Waals surface area contributed by atoms with E-state index in [1.165, 1.54) is 0 Å². The van der Waals surface area contributed by atoms with Crippen molar-refractivity contribution in [2.75, 3.05) is 0 Å². The molecule has 0 radical (unpaired) electrons. The summed E-state index contributed by atoms with van der Waals surface area (Å²) in [6, 6.07) is 9.78. The van der Waals surface area contributed by atoms with Gasteiger partial charge in [-0.2, -0.15) is 0 Å². The SMILES string of the molecule is Clc1cc(C(Cl)c2ccc(Br)s2)ccc1Br. The molecule has 0 nitrogen and oxygen atoms in total. The minimum Gasteiger partial charge on any atom is -0.131 e. The lowest BCUT2D eigenvalue weighted by Crippen LogP contribution is -1.89. The minimum atomic E-state index is -0.151. The van der Waals surface area contributed by atoms with E-state index in [9.17, 15) is 0 Å². The van der Waals surface area contributed by atoms with Gasteiger partial charge < -0.3 is 0 Å². The number of halogens is 4. The highest BCUT2D eigenvalue weighted by atomic mass is 79.9. The zero-order chi connectivity index (χ0) is 11.7. The van der Waals surface area contributed by atoms with Gasteiger partial charge >= 0.3 is 0 Å². The topological polar surface area (TPSA) is 0 Å². The molecule has 0 N–H and O–H groups in total. The van der Waals surface area contributed by atoms with Crippen molar-refractivity contribution in [1.29, 1.82) is 0 Å². The van der Waals surface area contributed by atoms with E-state index in [0.29, 0.717) is 5.02 Å². The third kappa shape index (κ3) is 2.82. The van der Waals surface area contributed by atoms with Crippen LogP contribution in [-0.2, 0) is 0 Å². The largest absolute Gasteiger partial charge is 0.131 e. The summed E-state index contributed by atoms with van der Waals surface area (Å²) in [7, 11) is 0. The van der Waals surface area contributed by atoms with Crippen LogP contribution in [0.15, 0.2) is 38.6 Å². The van der Waals surface area contributed by atoms with Gasteiger partial charge in [0.15, 0.2) is 0 Å². The summed E-state index contributed by atoms with van der Waals surface area (Å²) < 4.78 is 1.96. The zero-order valence-corrected chi connectivity index (χ0v) is 13.4. The molecule has 0 bridgehead atoms. The van der Waals surface area contributed by atoms with Gasteiger partial charge in [-0.25, -0.2) is 0 Å². The lowest BCUT2D eigenvalue weighted by molar-refractivity contribution is 1.18. The van der Waals surface area contributed by atoms with Gasteiger partial charge in [-0.05, 0) is 61.7 Å². The molecule has 0 aliphatic rings. The molecular formula is C11H6Br2Cl2S. The average molecular weight is 401 g/mol. The first-order valence-corrected chi connectivity index (χ1v) is 7.64. The maximum atomic E-state index is 6.38. The van der Waals surface area contributed by atoms with Gasteiger partial charge in [-0.1, -0.05) is 17.7 Å². The van der Waals surface area contributed by atoms with E-state index in [1.807, 2.05) is 30.3 Å². The average Bonchev–Trinajstić information content (AvgIpc) is 2.68. The van der Waals surface area contributed by atoms with Crippen LogP contribution in [-0.4, -0.2) is 0 Å². The zero-order valence-electron chi connectivity index (χ0n) is 7.88. The molecule has 2 rings (SSSR count). The molecule has 2 aromatic rings. The van der Waals surface area contributed by atoms with Crippen LogP contribution in [0.5, 0.6) is 0 Å². The minimum absolute atomic E-state index is 0.151. The lowest BCUT2D eigenvalue weighted by atomic mass is 10.1. The maximum Gasteiger partial charge on any atom is 0.0928 e. The van der Waals surface area contributed by atoms with E-state index in [4.69, 9.17) is 23.2 Å². The van der Waals surface area contributed by atoms with E-state index >= 15 is 0 Å². The van der Waals surface area contributed by atoms with Crippen molar-refractivity contribution in [3.05, 3.63) is 54.1 Å². The van der Waals surface area contributed by atoms with Gasteiger partial charge in [0.25, 0.3) is 0 Å². The highest BCUT2D eigenvalue weighted by molar-refractivity contribution is 9.11. The molecule has 0 aliphatic heterocycles. The van der Waals surface area contributed by atoms with Gasteiger partial charge in [0.05, 0.1) is 14.2 Å². The first-order chi connectivity index (χ1) is 7.58. The fourth-order valence-electron chi connectivity index (χ4n) is 1.30. The van der Waals surface area contributed by atoms with E-state index in [-0.39, 0.29) is 5.38 Å². The smallest absolute Gasteiger partial charge is 0.0928 e. The Labute approximate surface area is 125 Å². The second-order valence-electron chi connectivity index (χ2n) is 3.18. The van der Waals surface area contributed by atoms with Gasteiger partial charge in [-0.15, -0.1) is 22.9 Å². The van der Waals surface area contributed by atoms with E-state index in [0.717, 1.165) is 18.7 Å². The molecule has 1 atom stereocenters. The van der Waals surface area contributed by atoms with Crippen LogP contribution in [0.3, 0.4) is 0 Å². The normalized spacial score (nSPS) is 12.8. The van der Waals surface area contributed by atoms with Crippen molar-refractivity contribution in [3.8, 4) is 0 Å². The third-order valence-corrected chi connectivity index (χ3v) is 5.62. The molecule has 1 heterocycles. The predicted octanol–water partition coefficient (Wildman–Crippen LogP) is 6.25. The molecule has 0 amide bonds. The summed E-state index contributed by atoms with van der Waals surface area (Å²) in [4.78, 5) is 1.10. The summed E-state index contributed by atoms with van der Waals surface area (Å²) in [5.41, 5.74) is 1.00. The Morgan fingerprint density at radius 3 is 2.44 bits per heavy atom. The van der Waals surface area contributed by atoms with Crippen molar-refractivity contribution >= 4 is 66.4 Å². The lowest BCUT2D eigenvalue weighted by Gasteiger charge is -2.08. The number of alkyl halides is 1. The second-order valence-corrected chi connectivity index (χ2v) is 7.37. The molecule has 1 aromatic heterocycles. The number of hydrogen-bond donors (Lipinski definition) is 0. The van der Waals surface area contributed by atoms with Gasteiger partial charge in [0.2, 0.25) is 0 Å². The Bertz CT molecular complexity index is 510.